The van der Waals surface area contributed by atoms with Gasteiger partial charge in [-0.05, 0) is 30.5 Å². The Morgan fingerprint density at radius 2 is 2.21 bits per heavy atom. The normalized spacial score (nSPS) is 15.3. The molecule has 1 aliphatic rings. The Balaban J connectivity index is 1.53. The van der Waals surface area contributed by atoms with Gasteiger partial charge in [0, 0.05) is 37.6 Å². The number of carbonyl (C=O) groups is 1. The molecule has 0 spiro atoms. The van der Waals surface area contributed by atoms with E-state index in [-0.39, 0.29) is 5.91 Å². The van der Waals surface area contributed by atoms with Crippen LogP contribution in [0, 0.1) is 0 Å². The zero-order valence-electron chi connectivity index (χ0n) is 13.7. The SMILES string of the molecule is CC(=O)Nc1ncc(CN2CCC(=Cc3cccc(O)c3)CC2)s1. The number of aromatic hydroxyl groups is 1. The number of likely N-dealkylation sites (tertiary alicyclic amines) is 1. The lowest BCUT2D eigenvalue weighted by atomic mass is 10.0. The molecule has 3 rings (SSSR count). The Bertz CT molecular complexity index is 744. The van der Waals surface area contributed by atoms with Crippen LogP contribution < -0.4 is 5.32 Å². The smallest absolute Gasteiger partial charge is 0.223 e. The lowest BCUT2D eigenvalue weighted by Gasteiger charge is -2.27. The second kappa shape index (κ2) is 7.59. The largest absolute Gasteiger partial charge is 0.508 e. The van der Waals surface area contributed by atoms with Crippen molar-refractivity contribution in [2.45, 2.75) is 26.3 Å². The minimum absolute atomic E-state index is 0.0874. The van der Waals surface area contributed by atoms with E-state index in [1.54, 1.807) is 12.1 Å². The quantitative estimate of drug-likeness (QED) is 0.892. The molecule has 0 radical (unpaired) electrons. The highest BCUT2D eigenvalue weighted by Gasteiger charge is 2.15. The molecule has 1 fully saturated rings. The summed E-state index contributed by atoms with van der Waals surface area (Å²) in [6.07, 6.45) is 6.09. The fourth-order valence-corrected chi connectivity index (χ4v) is 3.70. The molecule has 0 unspecified atom stereocenters. The molecule has 1 aliphatic heterocycles. The molecule has 1 aromatic carbocycles. The maximum Gasteiger partial charge on any atom is 0.223 e. The highest BCUT2D eigenvalue weighted by atomic mass is 32.1. The predicted octanol–water partition coefficient (Wildman–Crippen LogP) is 3.49. The zero-order chi connectivity index (χ0) is 16.9. The van der Waals surface area contributed by atoms with Crippen molar-refractivity contribution in [2.24, 2.45) is 0 Å². The topological polar surface area (TPSA) is 65.5 Å². The van der Waals surface area contributed by atoms with Crippen LogP contribution in [0.25, 0.3) is 6.08 Å². The van der Waals surface area contributed by atoms with E-state index in [2.05, 4.69) is 21.3 Å². The number of nitrogens with zero attached hydrogens (tertiary/aromatic N) is 2. The summed E-state index contributed by atoms with van der Waals surface area (Å²) in [6, 6.07) is 7.36. The van der Waals surface area contributed by atoms with E-state index in [0.717, 1.165) is 38.0 Å². The summed E-state index contributed by atoms with van der Waals surface area (Å²) in [7, 11) is 0. The van der Waals surface area contributed by atoms with Crippen molar-refractivity contribution in [3.63, 3.8) is 0 Å². The lowest BCUT2D eigenvalue weighted by molar-refractivity contribution is -0.114. The van der Waals surface area contributed by atoms with Crippen molar-refractivity contribution in [1.29, 1.82) is 0 Å². The summed E-state index contributed by atoms with van der Waals surface area (Å²) in [4.78, 5) is 18.8. The van der Waals surface area contributed by atoms with Crippen LogP contribution in [0.3, 0.4) is 0 Å². The molecule has 2 aromatic rings. The van der Waals surface area contributed by atoms with E-state index in [0.29, 0.717) is 10.9 Å². The van der Waals surface area contributed by atoms with Gasteiger partial charge >= 0.3 is 0 Å². The maximum atomic E-state index is 11.0. The molecular formula is C18H21N3O2S. The van der Waals surface area contributed by atoms with Crippen LogP contribution in [0.4, 0.5) is 5.13 Å². The van der Waals surface area contributed by atoms with Crippen LogP contribution in [0.5, 0.6) is 5.75 Å². The van der Waals surface area contributed by atoms with Gasteiger partial charge < -0.3 is 10.4 Å². The number of benzene rings is 1. The first-order valence-corrected chi connectivity index (χ1v) is 8.83. The number of phenolic OH excluding ortho intramolecular Hbond substituents is 1. The second-order valence-electron chi connectivity index (χ2n) is 5.99. The number of amides is 1. The van der Waals surface area contributed by atoms with Gasteiger partial charge in [0.1, 0.15) is 5.75 Å². The van der Waals surface area contributed by atoms with E-state index in [1.165, 1.54) is 28.7 Å². The number of phenols is 1. The number of hydrogen-bond acceptors (Lipinski definition) is 5. The molecular weight excluding hydrogens is 322 g/mol. The number of hydrogen-bond donors (Lipinski definition) is 2. The van der Waals surface area contributed by atoms with Gasteiger partial charge in [0.05, 0.1) is 0 Å². The molecule has 6 heteroatoms. The number of carbonyl (C=O) groups excluding carboxylic acids is 1. The van der Waals surface area contributed by atoms with Crippen molar-refractivity contribution >= 4 is 28.5 Å². The van der Waals surface area contributed by atoms with Crippen LogP contribution in [0.1, 0.15) is 30.2 Å². The first-order chi connectivity index (χ1) is 11.6. The van der Waals surface area contributed by atoms with E-state index in [4.69, 9.17) is 0 Å². The minimum atomic E-state index is -0.0874. The molecule has 0 atom stereocenters. The number of aromatic nitrogens is 1. The highest BCUT2D eigenvalue weighted by molar-refractivity contribution is 7.15. The van der Waals surface area contributed by atoms with Crippen LogP contribution in [-0.4, -0.2) is 34.0 Å². The van der Waals surface area contributed by atoms with Gasteiger partial charge in [-0.25, -0.2) is 4.98 Å². The maximum absolute atomic E-state index is 11.0. The Morgan fingerprint density at radius 3 is 2.92 bits per heavy atom. The second-order valence-corrected chi connectivity index (χ2v) is 7.10. The van der Waals surface area contributed by atoms with Crippen molar-refractivity contribution in [2.75, 3.05) is 18.4 Å². The standard InChI is InChI=1S/C18H21N3O2S/c1-13(22)20-18-19-11-17(24-18)12-21-7-5-14(6-8-21)9-15-3-2-4-16(23)10-15/h2-4,9-11,23H,5-8,12H2,1H3,(H,19,20,22). The third kappa shape index (κ3) is 4.66. The Morgan fingerprint density at radius 1 is 1.42 bits per heavy atom. The van der Waals surface area contributed by atoms with Crippen molar-refractivity contribution in [3.05, 3.63) is 46.5 Å². The number of anilines is 1. The molecule has 2 heterocycles. The van der Waals surface area contributed by atoms with Crippen LogP contribution in [-0.2, 0) is 11.3 Å². The molecule has 24 heavy (non-hydrogen) atoms. The summed E-state index contributed by atoms with van der Waals surface area (Å²) in [6.45, 7) is 4.39. The molecule has 5 nitrogen and oxygen atoms in total. The highest BCUT2D eigenvalue weighted by Crippen LogP contribution is 2.24. The third-order valence-electron chi connectivity index (χ3n) is 3.96. The molecule has 2 N–H and O–H groups in total. The molecule has 126 valence electrons. The Hall–Kier alpha value is -2.18. The summed E-state index contributed by atoms with van der Waals surface area (Å²) in [5.74, 6) is 0.220. The van der Waals surface area contributed by atoms with Crippen molar-refractivity contribution in [3.8, 4) is 5.75 Å². The van der Waals surface area contributed by atoms with Gasteiger partial charge in [-0.1, -0.05) is 23.8 Å². The van der Waals surface area contributed by atoms with Gasteiger partial charge in [0.15, 0.2) is 5.13 Å². The van der Waals surface area contributed by atoms with E-state index < -0.39 is 0 Å². The number of piperidine rings is 1. The predicted molar refractivity (Wildman–Crippen MR) is 97.0 cm³/mol. The Labute approximate surface area is 145 Å². The van der Waals surface area contributed by atoms with Crippen molar-refractivity contribution < 1.29 is 9.90 Å². The van der Waals surface area contributed by atoms with Gasteiger partial charge in [-0.2, -0.15) is 0 Å². The first-order valence-electron chi connectivity index (χ1n) is 8.01. The fourth-order valence-electron chi connectivity index (χ4n) is 2.80. The molecule has 0 aliphatic carbocycles. The number of nitrogens with one attached hydrogen (secondary N) is 1. The first kappa shape index (κ1) is 16.7. The molecule has 0 bridgehead atoms. The monoisotopic (exact) mass is 343 g/mol. The molecule has 0 saturated carbocycles. The molecule has 1 aromatic heterocycles. The number of rotatable bonds is 4. The van der Waals surface area contributed by atoms with Crippen LogP contribution in [0.15, 0.2) is 36.0 Å². The summed E-state index contributed by atoms with van der Waals surface area (Å²) in [5.41, 5.74) is 2.47. The van der Waals surface area contributed by atoms with Gasteiger partial charge in [0.25, 0.3) is 0 Å². The van der Waals surface area contributed by atoms with E-state index in [9.17, 15) is 9.90 Å². The average Bonchev–Trinajstić information content (AvgIpc) is 2.95. The van der Waals surface area contributed by atoms with E-state index >= 15 is 0 Å². The zero-order valence-corrected chi connectivity index (χ0v) is 14.5. The van der Waals surface area contributed by atoms with Crippen molar-refractivity contribution in [1.82, 2.24) is 9.88 Å². The van der Waals surface area contributed by atoms with Gasteiger partial charge in [-0.15, -0.1) is 11.3 Å². The van der Waals surface area contributed by atoms with Gasteiger partial charge in [-0.3, -0.25) is 9.69 Å². The lowest BCUT2D eigenvalue weighted by Crippen LogP contribution is -2.29. The summed E-state index contributed by atoms with van der Waals surface area (Å²) in [5, 5.41) is 12.9. The van der Waals surface area contributed by atoms with Crippen LogP contribution in [0.2, 0.25) is 0 Å². The fraction of sp³-hybridized carbons (Fsp3) is 0.333. The third-order valence-corrected chi connectivity index (χ3v) is 4.85. The Kier molecular flexibility index (Phi) is 5.27. The summed E-state index contributed by atoms with van der Waals surface area (Å²) < 4.78 is 0. The number of thiazole rings is 1. The van der Waals surface area contributed by atoms with Gasteiger partial charge in [0.2, 0.25) is 5.91 Å². The average molecular weight is 343 g/mol. The minimum Gasteiger partial charge on any atom is -0.508 e. The van der Waals surface area contributed by atoms with Crippen LogP contribution >= 0.6 is 11.3 Å². The summed E-state index contributed by atoms with van der Waals surface area (Å²) >= 11 is 1.53. The molecule has 1 amide bonds. The van der Waals surface area contributed by atoms with E-state index in [1.807, 2.05) is 18.3 Å². The molecule has 1 saturated heterocycles.